The molecule has 5 rings (SSSR count). The number of halogens is 4. The summed E-state index contributed by atoms with van der Waals surface area (Å²) in [5.41, 5.74) is 6.05. The van der Waals surface area contributed by atoms with Gasteiger partial charge >= 0.3 is 5.92 Å². The third-order valence-corrected chi connectivity index (χ3v) is 6.41. The Kier molecular flexibility index (Phi) is 8.04. The minimum absolute atomic E-state index is 0.223. The van der Waals surface area contributed by atoms with E-state index < -0.39 is 17.6 Å². The number of primary amides is 1. The lowest BCUT2D eigenvalue weighted by Gasteiger charge is -2.20. The van der Waals surface area contributed by atoms with E-state index in [1.165, 1.54) is 62.7 Å². The van der Waals surface area contributed by atoms with Crippen LogP contribution in [0, 0.1) is 0 Å². The average molecular weight is 527 g/mol. The minimum atomic E-state index is -3.81. The zero-order chi connectivity index (χ0) is 25.0. The Morgan fingerprint density at radius 1 is 1.06 bits per heavy atom. The van der Waals surface area contributed by atoms with Gasteiger partial charge in [-0.15, -0.1) is 0 Å². The molecular formula is C25H26Cl2F2N2O4. The molecule has 0 radical (unpaired) electrons. The molecular weight excluding hydrogens is 501 g/mol. The van der Waals surface area contributed by atoms with Crippen molar-refractivity contribution in [1.29, 1.82) is 0 Å². The molecule has 0 saturated carbocycles. The highest BCUT2D eigenvalue weighted by molar-refractivity contribution is 6.32. The molecule has 6 nitrogen and oxygen atoms in total. The molecule has 35 heavy (non-hydrogen) atoms. The molecule has 0 aliphatic carbocycles. The Balaban J connectivity index is 0.000000168. The first-order valence-corrected chi connectivity index (χ1v) is 12.2. The molecule has 1 fully saturated rings. The van der Waals surface area contributed by atoms with Crippen LogP contribution in [0.2, 0.25) is 10.0 Å². The van der Waals surface area contributed by atoms with E-state index in [1.807, 2.05) is 6.07 Å². The minimum Gasteiger partial charge on any atom is -0.486 e. The lowest BCUT2D eigenvalue weighted by molar-refractivity contribution is -0.145. The van der Waals surface area contributed by atoms with Crippen LogP contribution in [0.5, 0.6) is 11.5 Å². The van der Waals surface area contributed by atoms with Crippen molar-refractivity contribution >= 4 is 40.1 Å². The van der Waals surface area contributed by atoms with Crippen molar-refractivity contribution in [2.45, 2.75) is 31.6 Å². The van der Waals surface area contributed by atoms with Crippen molar-refractivity contribution < 1.29 is 27.5 Å². The molecule has 2 N–H and O–H groups in total. The van der Waals surface area contributed by atoms with Crippen molar-refractivity contribution in [2.24, 2.45) is 5.73 Å². The van der Waals surface area contributed by atoms with Crippen LogP contribution in [0.15, 0.2) is 40.8 Å². The van der Waals surface area contributed by atoms with Gasteiger partial charge in [0.2, 0.25) is 0 Å². The average Bonchev–Trinajstić information content (AvgIpc) is 3.49. The van der Waals surface area contributed by atoms with Crippen LogP contribution < -0.4 is 15.2 Å². The van der Waals surface area contributed by atoms with Gasteiger partial charge in [-0.2, -0.15) is 8.78 Å². The summed E-state index contributed by atoms with van der Waals surface area (Å²) in [5.74, 6) is -4.84. The SMILES string of the molecule is Clc1cc(CCCN2CCCC2)cc2c1OCCO2.NC(=O)C(F)(F)c1cc2cc(Cl)ccc2o1. The van der Waals surface area contributed by atoms with Crippen molar-refractivity contribution in [3.8, 4) is 11.5 Å². The van der Waals surface area contributed by atoms with Crippen LogP contribution in [-0.2, 0) is 17.1 Å². The number of amides is 1. The number of likely N-dealkylation sites (tertiary alicyclic amines) is 1. The van der Waals surface area contributed by atoms with Gasteiger partial charge in [0.05, 0.1) is 5.02 Å². The first-order chi connectivity index (χ1) is 16.7. The Morgan fingerprint density at radius 3 is 2.54 bits per heavy atom. The second-order valence-electron chi connectivity index (χ2n) is 8.49. The van der Waals surface area contributed by atoms with Gasteiger partial charge in [0.1, 0.15) is 18.8 Å². The summed E-state index contributed by atoms with van der Waals surface area (Å²) in [7, 11) is 0. The number of carbonyl (C=O) groups excluding carboxylic acids is 1. The molecule has 1 saturated heterocycles. The molecule has 3 heterocycles. The van der Waals surface area contributed by atoms with Gasteiger partial charge in [0.25, 0.3) is 5.91 Å². The number of benzene rings is 2. The number of fused-ring (bicyclic) bond motifs is 2. The first kappa shape index (κ1) is 25.5. The zero-order valence-electron chi connectivity index (χ0n) is 19.0. The fraction of sp³-hybridized carbons (Fsp3) is 0.400. The number of hydrogen-bond donors (Lipinski definition) is 1. The number of ether oxygens (including phenoxy) is 2. The number of carbonyl (C=O) groups is 1. The molecule has 2 aliphatic heterocycles. The van der Waals surface area contributed by atoms with Crippen molar-refractivity contribution in [2.75, 3.05) is 32.8 Å². The lowest BCUT2D eigenvalue weighted by Crippen LogP contribution is -2.32. The third kappa shape index (κ3) is 6.18. The summed E-state index contributed by atoms with van der Waals surface area (Å²) < 4.78 is 42.4. The van der Waals surface area contributed by atoms with E-state index >= 15 is 0 Å². The Hall–Kier alpha value is -2.55. The van der Waals surface area contributed by atoms with Gasteiger partial charge in [-0.25, -0.2) is 0 Å². The maximum absolute atomic E-state index is 13.2. The van der Waals surface area contributed by atoms with Gasteiger partial charge < -0.3 is 24.5 Å². The number of aryl methyl sites for hydroxylation is 1. The van der Waals surface area contributed by atoms with Crippen LogP contribution in [0.1, 0.15) is 30.6 Å². The van der Waals surface area contributed by atoms with Crippen molar-refractivity contribution in [1.82, 2.24) is 4.90 Å². The van der Waals surface area contributed by atoms with E-state index in [0.29, 0.717) is 34.4 Å². The highest BCUT2D eigenvalue weighted by atomic mass is 35.5. The summed E-state index contributed by atoms with van der Waals surface area (Å²) in [6.07, 6.45) is 4.94. The smallest absolute Gasteiger partial charge is 0.380 e. The molecule has 1 aromatic heterocycles. The van der Waals surface area contributed by atoms with Crippen LogP contribution in [0.4, 0.5) is 8.78 Å². The molecule has 10 heteroatoms. The number of furan rings is 1. The first-order valence-electron chi connectivity index (χ1n) is 11.4. The van der Waals surface area contributed by atoms with Crippen molar-refractivity contribution in [3.05, 3.63) is 57.8 Å². The summed E-state index contributed by atoms with van der Waals surface area (Å²) >= 11 is 11.9. The predicted octanol–water partition coefficient (Wildman–Crippen LogP) is 5.80. The van der Waals surface area contributed by atoms with E-state index in [1.54, 1.807) is 0 Å². The monoisotopic (exact) mass is 526 g/mol. The van der Waals surface area contributed by atoms with Crippen molar-refractivity contribution in [3.63, 3.8) is 0 Å². The van der Waals surface area contributed by atoms with Crippen LogP contribution in [0.25, 0.3) is 11.0 Å². The number of hydrogen-bond acceptors (Lipinski definition) is 5. The summed E-state index contributed by atoms with van der Waals surface area (Å²) in [6, 6.07) is 9.54. The van der Waals surface area contributed by atoms with Crippen LogP contribution in [-0.4, -0.2) is 43.7 Å². The highest BCUT2D eigenvalue weighted by Crippen LogP contribution is 2.38. The van der Waals surface area contributed by atoms with Crippen LogP contribution in [0.3, 0.4) is 0 Å². The number of nitrogens with two attached hydrogens (primary N) is 1. The molecule has 0 atom stereocenters. The highest BCUT2D eigenvalue weighted by Gasteiger charge is 2.42. The molecule has 3 aromatic rings. The lowest BCUT2D eigenvalue weighted by atomic mass is 10.1. The van der Waals surface area contributed by atoms with Gasteiger partial charge in [0, 0.05) is 10.4 Å². The van der Waals surface area contributed by atoms with Crippen LogP contribution >= 0.6 is 23.2 Å². The number of alkyl halides is 2. The topological polar surface area (TPSA) is 77.9 Å². The van der Waals surface area contributed by atoms with Gasteiger partial charge in [-0.05, 0) is 87.3 Å². The van der Waals surface area contributed by atoms with Gasteiger partial charge in [-0.3, -0.25) is 4.79 Å². The molecule has 188 valence electrons. The fourth-order valence-electron chi connectivity index (χ4n) is 4.11. The van der Waals surface area contributed by atoms with E-state index in [0.717, 1.165) is 18.2 Å². The van der Waals surface area contributed by atoms with E-state index in [-0.39, 0.29) is 5.58 Å². The Bertz CT molecular complexity index is 1200. The quantitative estimate of drug-likeness (QED) is 0.438. The van der Waals surface area contributed by atoms with E-state index in [4.69, 9.17) is 37.1 Å². The molecule has 0 spiro atoms. The second-order valence-corrected chi connectivity index (χ2v) is 9.33. The Morgan fingerprint density at radius 2 is 1.80 bits per heavy atom. The third-order valence-electron chi connectivity index (χ3n) is 5.89. The summed E-state index contributed by atoms with van der Waals surface area (Å²) in [5, 5.41) is 1.46. The zero-order valence-corrected chi connectivity index (χ0v) is 20.5. The molecule has 0 bridgehead atoms. The van der Waals surface area contributed by atoms with E-state index in [9.17, 15) is 13.6 Å². The maximum Gasteiger partial charge on any atom is 0.380 e. The molecule has 1 amide bonds. The normalized spacial score (nSPS) is 15.7. The Labute approximate surface area is 211 Å². The van der Waals surface area contributed by atoms with E-state index in [2.05, 4.69) is 16.7 Å². The summed E-state index contributed by atoms with van der Waals surface area (Å²) in [4.78, 5) is 13.1. The summed E-state index contributed by atoms with van der Waals surface area (Å²) in [6.45, 7) is 4.91. The fourth-order valence-corrected chi connectivity index (χ4v) is 4.58. The molecule has 2 aromatic carbocycles. The van der Waals surface area contributed by atoms with Gasteiger partial charge in [0.15, 0.2) is 17.3 Å². The number of rotatable bonds is 6. The standard InChI is InChI=1S/C15H20ClNO2.C10H6ClF2NO2/c16-13-10-12(4-3-7-17-5-1-2-6-17)11-14-15(13)19-9-8-18-14;11-6-1-2-7-5(3-6)4-8(16-7)10(12,13)9(14)15/h10-11H,1-9H2;1-4H,(H2,14,15). The maximum atomic E-state index is 13.2. The largest absolute Gasteiger partial charge is 0.486 e. The predicted molar refractivity (Wildman–Crippen MR) is 131 cm³/mol. The number of nitrogens with zero attached hydrogens (tertiary/aromatic N) is 1. The van der Waals surface area contributed by atoms with Gasteiger partial charge in [-0.1, -0.05) is 23.2 Å². The molecule has 0 unspecified atom stereocenters. The molecule has 2 aliphatic rings. The second kappa shape index (κ2) is 11.0.